The van der Waals surface area contributed by atoms with E-state index in [-0.39, 0.29) is 11.2 Å². The fourth-order valence-corrected chi connectivity index (χ4v) is 3.13. The first-order valence-electron chi connectivity index (χ1n) is 5.57. The average Bonchev–Trinajstić information content (AvgIpc) is 2.29. The van der Waals surface area contributed by atoms with Crippen molar-refractivity contribution in [2.24, 2.45) is 5.41 Å². The minimum atomic E-state index is -0.110. The number of hydrogen-bond donors (Lipinski definition) is 0. The highest BCUT2D eigenvalue weighted by Gasteiger charge is 2.26. The van der Waals surface area contributed by atoms with Gasteiger partial charge >= 0.3 is 0 Å². The van der Waals surface area contributed by atoms with Gasteiger partial charge in [-0.1, -0.05) is 51.8 Å². The molecular formula is C13H17Br2F. The molecule has 0 aromatic heterocycles. The van der Waals surface area contributed by atoms with Crippen LogP contribution in [0, 0.1) is 11.2 Å². The highest BCUT2D eigenvalue weighted by atomic mass is 79.9. The molecule has 1 rings (SSSR count). The average molecular weight is 352 g/mol. The minimum absolute atomic E-state index is 0.110. The van der Waals surface area contributed by atoms with Gasteiger partial charge < -0.3 is 0 Å². The third-order valence-corrected chi connectivity index (χ3v) is 5.05. The molecule has 1 aromatic carbocycles. The summed E-state index contributed by atoms with van der Waals surface area (Å²) in [5, 5.41) is 0.919. The lowest BCUT2D eigenvalue weighted by atomic mass is 9.79. The van der Waals surface area contributed by atoms with Gasteiger partial charge in [0.25, 0.3) is 0 Å². The van der Waals surface area contributed by atoms with E-state index in [1.54, 1.807) is 6.07 Å². The second kappa shape index (κ2) is 6.15. The molecule has 0 N–H and O–H groups in total. The van der Waals surface area contributed by atoms with Gasteiger partial charge in [0.05, 0.1) is 0 Å². The first-order valence-corrected chi connectivity index (χ1v) is 7.48. The van der Waals surface area contributed by atoms with Crippen molar-refractivity contribution in [3.8, 4) is 0 Å². The Bertz CT molecular complexity index is 338. The van der Waals surface area contributed by atoms with E-state index in [4.69, 9.17) is 0 Å². The Kier molecular flexibility index (Phi) is 5.45. The van der Waals surface area contributed by atoms with Crippen LogP contribution in [0.2, 0.25) is 0 Å². The first kappa shape index (κ1) is 14.2. The summed E-state index contributed by atoms with van der Waals surface area (Å²) < 4.78 is 14.5. The summed E-state index contributed by atoms with van der Waals surface area (Å²) in [5.41, 5.74) is 0.987. The van der Waals surface area contributed by atoms with E-state index in [1.165, 1.54) is 0 Å². The Labute approximate surface area is 114 Å². The van der Waals surface area contributed by atoms with Crippen molar-refractivity contribution in [3.63, 3.8) is 0 Å². The van der Waals surface area contributed by atoms with Crippen molar-refractivity contribution in [1.82, 2.24) is 0 Å². The summed E-state index contributed by atoms with van der Waals surface area (Å²) in [6.45, 7) is 4.34. The van der Waals surface area contributed by atoms with E-state index in [1.807, 2.05) is 12.1 Å². The SMILES string of the molecule is CCC(CC)(CBr)Cc1ccc(Br)cc1F. The molecule has 0 aliphatic carbocycles. The number of hydrogen-bond acceptors (Lipinski definition) is 0. The number of rotatable bonds is 5. The van der Waals surface area contributed by atoms with Crippen LogP contribution in [0.4, 0.5) is 4.39 Å². The molecule has 0 aliphatic rings. The van der Waals surface area contributed by atoms with Gasteiger partial charge in [-0.25, -0.2) is 4.39 Å². The van der Waals surface area contributed by atoms with E-state index >= 15 is 0 Å². The fraction of sp³-hybridized carbons (Fsp3) is 0.538. The molecule has 3 heteroatoms. The van der Waals surface area contributed by atoms with Crippen molar-refractivity contribution >= 4 is 31.9 Å². The van der Waals surface area contributed by atoms with Crippen LogP contribution >= 0.6 is 31.9 Å². The Hall–Kier alpha value is 0.110. The summed E-state index contributed by atoms with van der Waals surface area (Å²) in [4.78, 5) is 0. The molecule has 1 aromatic rings. The van der Waals surface area contributed by atoms with Crippen LogP contribution in [0.1, 0.15) is 32.3 Å². The topological polar surface area (TPSA) is 0 Å². The number of halogens is 3. The van der Waals surface area contributed by atoms with Crippen LogP contribution in [-0.4, -0.2) is 5.33 Å². The van der Waals surface area contributed by atoms with E-state index in [9.17, 15) is 4.39 Å². The Morgan fingerprint density at radius 1 is 1.25 bits per heavy atom. The Balaban J connectivity index is 2.93. The van der Waals surface area contributed by atoms with Crippen LogP contribution in [0.5, 0.6) is 0 Å². The van der Waals surface area contributed by atoms with E-state index in [0.29, 0.717) is 0 Å². The van der Waals surface area contributed by atoms with Gasteiger partial charge in [-0.15, -0.1) is 0 Å². The zero-order valence-corrected chi connectivity index (χ0v) is 12.9. The molecule has 0 spiro atoms. The van der Waals surface area contributed by atoms with Gasteiger partial charge in [-0.05, 0) is 42.4 Å². The summed E-state index contributed by atoms with van der Waals surface area (Å²) >= 11 is 6.84. The normalized spacial score (nSPS) is 11.8. The molecule has 0 heterocycles. The lowest BCUT2D eigenvalue weighted by molar-refractivity contribution is 0.303. The molecule has 16 heavy (non-hydrogen) atoms. The minimum Gasteiger partial charge on any atom is -0.207 e. The van der Waals surface area contributed by atoms with Crippen molar-refractivity contribution in [3.05, 3.63) is 34.1 Å². The quantitative estimate of drug-likeness (QED) is 0.629. The zero-order valence-electron chi connectivity index (χ0n) is 9.69. The molecule has 0 atom stereocenters. The maximum Gasteiger partial charge on any atom is 0.127 e. The number of benzene rings is 1. The highest BCUT2D eigenvalue weighted by molar-refractivity contribution is 9.10. The second-order valence-electron chi connectivity index (χ2n) is 4.25. The molecular weight excluding hydrogens is 335 g/mol. The van der Waals surface area contributed by atoms with Crippen LogP contribution < -0.4 is 0 Å². The summed E-state index contributed by atoms with van der Waals surface area (Å²) in [7, 11) is 0. The van der Waals surface area contributed by atoms with E-state index in [0.717, 1.165) is 34.6 Å². The zero-order chi connectivity index (χ0) is 12.2. The lowest BCUT2D eigenvalue weighted by Gasteiger charge is -2.29. The maximum atomic E-state index is 13.7. The third kappa shape index (κ3) is 3.30. The summed E-state index contributed by atoms with van der Waals surface area (Å²) in [6, 6.07) is 5.32. The Morgan fingerprint density at radius 2 is 1.88 bits per heavy atom. The summed E-state index contributed by atoms with van der Waals surface area (Å²) in [5.74, 6) is -0.110. The predicted molar refractivity (Wildman–Crippen MR) is 74.6 cm³/mol. The molecule has 0 aliphatic heterocycles. The van der Waals surface area contributed by atoms with Crippen LogP contribution in [0.25, 0.3) is 0 Å². The lowest BCUT2D eigenvalue weighted by Crippen LogP contribution is -2.24. The highest BCUT2D eigenvalue weighted by Crippen LogP contribution is 2.34. The fourth-order valence-electron chi connectivity index (χ4n) is 1.81. The Morgan fingerprint density at radius 3 is 2.31 bits per heavy atom. The molecule has 90 valence electrons. The monoisotopic (exact) mass is 350 g/mol. The third-order valence-electron chi connectivity index (χ3n) is 3.36. The summed E-state index contributed by atoms with van der Waals surface area (Å²) in [6.07, 6.45) is 2.92. The maximum absolute atomic E-state index is 13.7. The molecule has 0 saturated heterocycles. The van der Waals surface area contributed by atoms with Crippen LogP contribution in [-0.2, 0) is 6.42 Å². The molecule has 0 saturated carbocycles. The molecule has 0 radical (unpaired) electrons. The van der Waals surface area contributed by atoms with E-state index < -0.39 is 0 Å². The smallest absolute Gasteiger partial charge is 0.127 e. The largest absolute Gasteiger partial charge is 0.207 e. The second-order valence-corrected chi connectivity index (χ2v) is 5.73. The van der Waals surface area contributed by atoms with Crippen molar-refractivity contribution in [2.45, 2.75) is 33.1 Å². The molecule has 0 fully saturated rings. The van der Waals surface area contributed by atoms with Crippen LogP contribution in [0.3, 0.4) is 0 Å². The van der Waals surface area contributed by atoms with Gasteiger partial charge in [0.2, 0.25) is 0 Å². The predicted octanol–water partition coefficient (Wildman–Crippen LogP) is 5.33. The van der Waals surface area contributed by atoms with Crippen molar-refractivity contribution in [1.29, 1.82) is 0 Å². The van der Waals surface area contributed by atoms with Gasteiger partial charge in [-0.3, -0.25) is 0 Å². The number of alkyl halides is 1. The van der Waals surface area contributed by atoms with Gasteiger partial charge in [-0.2, -0.15) is 0 Å². The van der Waals surface area contributed by atoms with Crippen molar-refractivity contribution in [2.75, 3.05) is 5.33 Å². The van der Waals surface area contributed by atoms with Crippen LogP contribution in [0.15, 0.2) is 22.7 Å². The van der Waals surface area contributed by atoms with Gasteiger partial charge in [0.15, 0.2) is 0 Å². The van der Waals surface area contributed by atoms with E-state index in [2.05, 4.69) is 45.7 Å². The standard InChI is InChI=1S/C13H17Br2F/c1-3-13(4-2,9-14)8-10-5-6-11(15)7-12(10)16/h5-7H,3-4,8-9H2,1-2H3. The van der Waals surface area contributed by atoms with Gasteiger partial charge in [0, 0.05) is 9.80 Å². The van der Waals surface area contributed by atoms with Crippen molar-refractivity contribution < 1.29 is 4.39 Å². The molecule has 0 bridgehead atoms. The van der Waals surface area contributed by atoms with Gasteiger partial charge in [0.1, 0.15) is 5.82 Å². The molecule has 0 unspecified atom stereocenters. The molecule has 0 amide bonds. The molecule has 0 nitrogen and oxygen atoms in total. The first-order chi connectivity index (χ1) is 7.56.